The van der Waals surface area contributed by atoms with E-state index in [4.69, 9.17) is 4.74 Å². The summed E-state index contributed by atoms with van der Waals surface area (Å²) in [6.07, 6.45) is 0. The number of rotatable bonds is 8. The molecule has 31 heavy (non-hydrogen) atoms. The number of ether oxygens (including phenoxy) is 1. The molecule has 0 spiro atoms. The van der Waals surface area contributed by atoms with Crippen LogP contribution in [0.5, 0.6) is 0 Å². The zero-order chi connectivity index (χ0) is 22.3. The van der Waals surface area contributed by atoms with E-state index < -0.39 is 15.9 Å². The molecule has 1 saturated heterocycles. The Morgan fingerprint density at radius 3 is 2.35 bits per heavy atom. The normalized spacial score (nSPS) is 14.7. The van der Waals surface area contributed by atoms with Gasteiger partial charge in [-0.15, -0.1) is 0 Å². The van der Waals surface area contributed by atoms with E-state index in [1.54, 1.807) is 17.0 Å². The third kappa shape index (κ3) is 5.69. The molecule has 8 nitrogen and oxygen atoms in total. The Labute approximate surface area is 182 Å². The second kappa shape index (κ2) is 10.5. The second-order valence-corrected chi connectivity index (χ2v) is 9.00. The number of carbonyl (C=O) groups excluding carboxylic acids is 2. The number of likely N-dealkylation sites (N-methyl/N-ethyl adjacent to an activating group) is 1. The minimum atomic E-state index is -3.84. The van der Waals surface area contributed by atoms with Crippen LogP contribution in [0.2, 0.25) is 0 Å². The van der Waals surface area contributed by atoms with Gasteiger partial charge in [-0.3, -0.25) is 9.59 Å². The molecular weight excluding hydrogens is 418 g/mol. The number of sulfonamides is 1. The molecule has 0 aliphatic carbocycles. The molecule has 1 heterocycles. The van der Waals surface area contributed by atoms with Gasteiger partial charge in [-0.2, -0.15) is 4.31 Å². The third-order valence-electron chi connectivity index (χ3n) is 5.07. The van der Waals surface area contributed by atoms with E-state index in [1.807, 2.05) is 37.3 Å². The van der Waals surface area contributed by atoms with Crippen LogP contribution < -0.4 is 5.32 Å². The van der Waals surface area contributed by atoms with E-state index in [0.717, 1.165) is 5.56 Å². The summed E-state index contributed by atoms with van der Waals surface area (Å²) < 4.78 is 32.6. The van der Waals surface area contributed by atoms with Crippen molar-refractivity contribution in [2.45, 2.75) is 18.4 Å². The summed E-state index contributed by atoms with van der Waals surface area (Å²) in [4.78, 5) is 27.0. The molecular formula is C22H27N3O5S. The van der Waals surface area contributed by atoms with E-state index in [9.17, 15) is 18.0 Å². The summed E-state index contributed by atoms with van der Waals surface area (Å²) >= 11 is 0. The maximum absolute atomic E-state index is 13.0. The fourth-order valence-corrected chi connectivity index (χ4v) is 4.95. The summed E-state index contributed by atoms with van der Waals surface area (Å²) in [6, 6.07) is 15.6. The van der Waals surface area contributed by atoms with Gasteiger partial charge < -0.3 is 15.0 Å². The van der Waals surface area contributed by atoms with E-state index in [0.29, 0.717) is 26.3 Å². The second-order valence-electron chi connectivity index (χ2n) is 7.09. The lowest BCUT2D eigenvalue weighted by molar-refractivity contribution is -0.130. The average Bonchev–Trinajstić information content (AvgIpc) is 2.82. The number of morpholine rings is 1. The molecule has 2 aromatic rings. The number of amides is 2. The van der Waals surface area contributed by atoms with Gasteiger partial charge in [0.2, 0.25) is 15.9 Å². The molecule has 2 aromatic carbocycles. The van der Waals surface area contributed by atoms with Gasteiger partial charge in [-0.1, -0.05) is 42.5 Å². The van der Waals surface area contributed by atoms with Gasteiger partial charge in [0.1, 0.15) is 0 Å². The van der Waals surface area contributed by atoms with E-state index in [2.05, 4.69) is 5.32 Å². The third-order valence-corrected chi connectivity index (χ3v) is 7.03. The Balaban J connectivity index is 1.69. The Morgan fingerprint density at radius 1 is 1.03 bits per heavy atom. The largest absolute Gasteiger partial charge is 0.379 e. The van der Waals surface area contributed by atoms with Crippen molar-refractivity contribution < 1.29 is 22.7 Å². The SMILES string of the molecule is CCN(Cc1ccccc1)C(=O)CNC(=O)c1ccccc1S(=O)(=O)N1CCOCC1. The first-order valence-electron chi connectivity index (χ1n) is 10.2. The highest BCUT2D eigenvalue weighted by atomic mass is 32.2. The van der Waals surface area contributed by atoms with Crippen LogP contribution in [0.1, 0.15) is 22.8 Å². The van der Waals surface area contributed by atoms with Crippen molar-refractivity contribution >= 4 is 21.8 Å². The Morgan fingerprint density at radius 2 is 1.68 bits per heavy atom. The number of carbonyl (C=O) groups is 2. The van der Waals surface area contributed by atoms with Crippen LogP contribution in [0.4, 0.5) is 0 Å². The molecule has 0 bridgehead atoms. The van der Waals surface area contributed by atoms with Crippen molar-refractivity contribution in [2.75, 3.05) is 39.4 Å². The zero-order valence-corrected chi connectivity index (χ0v) is 18.3. The number of hydrogen-bond donors (Lipinski definition) is 1. The maximum Gasteiger partial charge on any atom is 0.253 e. The number of nitrogens with zero attached hydrogens (tertiary/aromatic N) is 2. The number of benzene rings is 2. The van der Waals surface area contributed by atoms with Gasteiger partial charge in [0.05, 0.1) is 30.2 Å². The lowest BCUT2D eigenvalue weighted by atomic mass is 10.2. The summed E-state index contributed by atoms with van der Waals surface area (Å²) in [6.45, 7) is 3.69. The van der Waals surface area contributed by atoms with E-state index in [1.165, 1.54) is 16.4 Å². The summed E-state index contributed by atoms with van der Waals surface area (Å²) in [5, 5.41) is 2.58. The minimum Gasteiger partial charge on any atom is -0.379 e. The molecule has 1 aliphatic heterocycles. The highest BCUT2D eigenvalue weighted by Gasteiger charge is 2.30. The molecule has 1 aliphatic rings. The van der Waals surface area contributed by atoms with Gasteiger partial charge >= 0.3 is 0 Å². The molecule has 1 N–H and O–H groups in total. The molecule has 166 valence electrons. The van der Waals surface area contributed by atoms with Gasteiger partial charge in [0.25, 0.3) is 5.91 Å². The summed E-state index contributed by atoms with van der Waals surface area (Å²) in [7, 11) is -3.84. The zero-order valence-electron chi connectivity index (χ0n) is 17.5. The van der Waals surface area contributed by atoms with Crippen molar-refractivity contribution in [2.24, 2.45) is 0 Å². The minimum absolute atomic E-state index is 0.0212. The number of hydrogen-bond acceptors (Lipinski definition) is 5. The van der Waals surface area contributed by atoms with Gasteiger partial charge in [0.15, 0.2) is 0 Å². The molecule has 0 radical (unpaired) electrons. The first-order chi connectivity index (χ1) is 14.9. The highest BCUT2D eigenvalue weighted by Crippen LogP contribution is 2.21. The first-order valence-corrected chi connectivity index (χ1v) is 11.6. The Bertz CT molecular complexity index is 1000. The molecule has 2 amide bonds. The topological polar surface area (TPSA) is 96.0 Å². The maximum atomic E-state index is 13.0. The molecule has 0 saturated carbocycles. The smallest absolute Gasteiger partial charge is 0.253 e. The molecule has 3 rings (SSSR count). The highest BCUT2D eigenvalue weighted by molar-refractivity contribution is 7.89. The molecule has 0 unspecified atom stereocenters. The molecule has 1 fully saturated rings. The fourth-order valence-electron chi connectivity index (χ4n) is 3.35. The van der Waals surface area contributed by atoms with Crippen LogP contribution in [0.3, 0.4) is 0 Å². The Kier molecular flexibility index (Phi) is 7.78. The van der Waals surface area contributed by atoms with Crippen molar-refractivity contribution in [1.82, 2.24) is 14.5 Å². The Hall–Kier alpha value is -2.75. The van der Waals surface area contributed by atoms with E-state index >= 15 is 0 Å². The number of nitrogens with one attached hydrogen (secondary N) is 1. The van der Waals surface area contributed by atoms with E-state index in [-0.39, 0.29) is 36.0 Å². The lowest BCUT2D eigenvalue weighted by Crippen LogP contribution is -2.42. The quantitative estimate of drug-likeness (QED) is 0.664. The van der Waals surface area contributed by atoms with Crippen LogP contribution in [0, 0.1) is 0 Å². The lowest BCUT2D eigenvalue weighted by Gasteiger charge is -2.26. The molecule has 0 atom stereocenters. The first kappa shape index (κ1) is 22.9. The molecule has 0 aromatic heterocycles. The van der Waals surface area contributed by atoms with Crippen molar-refractivity contribution in [3.63, 3.8) is 0 Å². The van der Waals surface area contributed by atoms with Crippen LogP contribution in [-0.2, 0) is 26.1 Å². The predicted molar refractivity (Wildman–Crippen MR) is 116 cm³/mol. The van der Waals surface area contributed by atoms with Crippen LogP contribution in [0.15, 0.2) is 59.5 Å². The summed E-state index contributed by atoms with van der Waals surface area (Å²) in [5.74, 6) is -0.843. The van der Waals surface area contributed by atoms with Gasteiger partial charge in [-0.05, 0) is 24.6 Å². The van der Waals surface area contributed by atoms with Crippen molar-refractivity contribution in [1.29, 1.82) is 0 Å². The van der Waals surface area contributed by atoms with Crippen LogP contribution in [0.25, 0.3) is 0 Å². The van der Waals surface area contributed by atoms with Crippen LogP contribution >= 0.6 is 0 Å². The van der Waals surface area contributed by atoms with Gasteiger partial charge in [0, 0.05) is 26.2 Å². The average molecular weight is 446 g/mol. The van der Waals surface area contributed by atoms with Crippen LogP contribution in [-0.4, -0.2) is 68.8 Å². The standard InChI is InChI=1S/C22H27N3O5S/c1-2-24(17-18-8-4-3-5-9-18)21(26)16-23-22(27)19-10-6-7-11-20(19)31(28,29)25-12-14-30-15-13-25/h3-11H,2,12-17H2,1H3,(H,23,27). The summed E-state index contributed by atoms with van der Waals surface area (Å²) in [5.41, 5.74) is 1.01. The van der Waals surface area contributed by atoms with Crippen molar-refractivity contribution in [3.8, 4) is 0 Å². The van der Waals surface area contributed by atoms with Gasteiger partial charge in [-0.25, -0.2) is 8.42 Å². The van der Waals surface area contributed by atoms with Crippen molar-refractivity contribution in [3.05, 3.63) is 65.7 Å². The molecule has 9 heteroatoms. The monoisotopic (exact) mass is 445 g/mol. The predicted octanol–water partition coefficient (Wildman–Crippen LogP) is 1.49. The fraction of sp³-hybridized carbons (Fsp3) is 0.364.